The Morgan fingerprint density at radius 1 is 1.06 bits per heavy atom. The molecule has 3 nitrogen and oxygen atoms in total. The summed E-state index contributed by atoms with van der Waals surface area (Å²) in [5, 5.41) is 0. The van der Waals surface area contributed by atoms with Crippen LogP contribution in [0, 0.1) is 17.8 Å². The summed E-state index contributed by atoms with van der Waals surface area (Å²) in [4.78, 5) is 2.51. The third kappa shape index (κ3) is 2.73. The fraction of sp³-hybridized carbons (Fsp3) is 1.00. The molecular weight excluding hydrogens is 224 g/mol. The molecule has 2 aliphatic carbocycles. The van der Waals surface area contributed by atoms with Gasteiger partial charge < -0.3 is 15.4 Å². The molecule has 2 N–H and O–H groups in total. The summed E-state index contributed by atoms with van der Waals surface area (Å²) in [6.45, 7) is 3.07. The summed E-state index contributed by atoms with van der Waals surface area (Å²) in [5.74, 6) is 3.08. The van der Waals surface area contributed by atoms with Crippen molar-refractivity contribution in [1.82, 2.24) is 4.90 Å². The molecule has 1 heterocycles. The van der Waals surface area contributed by atoms with E-state index in [0.29, 0.717) is 18.8 Å². The first-order valence-corrected chi connectivity index (χ1v) is 7.78. The van der Waals surface area contributed by atoms with E-state index in [9.17, 15) is 0 Å². The van der Waals surface area contributed by atoms with Crippen LogP contribution >= 0.6 is 0 Å². The van der Waals surface area contributed by atoms with E-state index in [4.69, 9.17) is 10.5 Å². The highest BCUT2D eigenvalue weighted by molar-refractivity contribution is 4.91. The summed E-state index contributed by atoms with van der Waals surface area (Å²) in [5.41, 5.74) is 5.66. The van der Waals surface area contributed by atoms with Crippen molar-refractivity contribution in [2.75, 3.05) is 26.7 Å². The Balaban J connectivity index is 1.41. The Kier molecular flexibility index (Phi) is 3.92. The van der Waals surface area contributed by atoms with Crippen LogP contribution in [-0.4, -0.2) is 43.8 Å². The summed E-state index contributed by atoms with van der Waals surface area (Å²) in [7, 11) is 2.27. The fourth-order valence-corrected chi connectivity index (χ4v) is 4.51. The highest BCUT2D eigenvalue weighted by Gasteiger charge is 2.39. The Morgan fingerprint density at radius 2 is 1.89 bits per heavy atom. The van der Waals surface area contributed by atoms with E-state index >= 15 is 0 Å². The molecule has 3 rings (SSSR count). The van der Waals surface area contributed by atoms with Gasteiger partial charge in [-0.05, 0) is 56.9 Å². The van der Waals surface area contributed by atoms with Crippen molar-refractivity contribution >= 4 is 0 Å². The van der Waals surface area contributed by atoms with Gasteiger partial charge in [-0.15, -0.1) is 0 Å². The van der Waals surface area contributed by atoms with Gasteiger partial charge in [-0.3, -0.25) is 0 Å². The summed E-state index contributed by atoms with van der Waals surface area (Å²) in [6.07, 6.45) is 9.13. The number of likely N-dealkylation sites (N-methyl/N-ethyl adjacent to an activating group) is 1. The lowest BCUT2D eigenvalue weighted by Crippen LogP contribution is -2.35. The van der Waals surface area contributed by atoms with Crippen molar-refractivity contribution in [2.24, 2.45) is 23.5 Å². The van der Waals surface area contributed by atoms with E-state index in [-0.39, 0.29) is 0 Å². The molecule has 5 unspecified atom stereocenters. The SMILES string of the molecule is CN(CC1CCC(CN)O1)CC1CC2CCC1C2. The zero-order chi connectivity index (χ0) is 12.5. The minimum atomic E-state index is 0.325. The van der Waals surface area contributed by atoms with Crippen LogP contribution in [0.1, 0.15) is 38.5 Å². The second-order valence-corrected chi connectivity index (χ2v) is 6.85. The van der Waals surface area contributed by atoms with Gasteiger partial charge >= 0.3 is 0 Å². The highest BCUT2D eigenvalue weighted by Crippen LogP contribution is 2.48. The monoisotopic (exact) mass is 252 g/mol. The van der Waals surface area contributed by atoms with E-state index < -0.39 is 0 Å². The molecular formula is C15H28N2O. The Morgan fingerprint density at radius 3 is 2.50 bits per heavy atom. The van der Waals surface area contributed by atoms with Crippen LogP contribution in [0.5, 0.6) is 0 Å². The van der Waals surface area contributed by atoms with Gasteiger partial charge in [0.25, 0.3) is 0 Å². The molecule has 2 saturated carbocycles. The molecule has 3 heteroatoms. The predicted octanol–water partition coefficient (Wildman–Crippen LogP) is 1.86. The van der Waals surface area contributed by atoms with Crippen LogP contribution < -0.4 is 5.73 Å². The van der Waals surface area contributed by atoms with Crippen molar-refractivity contribution in [3.8, 4) is 0 Å². The summed E-state index contributed by atoms with van der Waals surface area (Å²) in [6, 6.07) is 0. The quantitative estimate of drug-likeness (QED) is 0.811. The second-order valence-electron chi connectivity index (χ2n) is 6.85. The third-order valence-electron chi connectivity index (χ3n) is 5.40. The highest BCUT2D eigenvalue weighted by atomic mass is 16.5. The largest absolute Gasteiger partial charge is 0.372 e. The molecule has 1 saturated heterocycles. The number of hydrogen-bond acceptors (Lipinski definition) is 3. The zero-order valence-electron chi connectivity index (χ0n) is 11.7. The van der Waals surface area contributed by atoms with Gasteiger partial charge in [-0.25, -0.2) is 0 Å². The topological polar surface area (TPSA) is 38.5 Å². The molecule has 104 valence electrons. The van der Waals surface area contributed by atoms with Gasteiger partial charge in [0.1, 0.15) is 0 Å². The van der Waals surface area contributed by atoms with Gasteiger partial charge in [0.05, 0.1) is 12.2 Å². The molecule has 0 aromatic heterocycles. The van der Waals surface area contributed by atoms with Crippen LogP contribution in [0.15, 0.2) is 0 Å². The van der Waals surface area contributed by atoms with Gasteiger partial charge in [-0.1, -0.05) is 6.42 Å². The Bertz CT molecular complexity index is 284. The van der Waals surface area contributed by atoms with Crippen molar-refractivity contribution < 1.29 is 4.74 Å². The van der Waals surface area contributed by atoms with Gasteiger partial charge in [0, 0.05) is 19.6 Å². The van der Waals surface area contributed by atoms with Crippen LogP contribution in [0.2, 0.25) is 0 Å². The molecule has 3 fully saturated rings. The molecule has 2 bridgehead atoms. The smallest absolute Gasteiger partial charge is 0.0707 e. The molecule has 5 atom stereocenters. The second kappa shape index (κ2) is 5.48. The first-order chi connectivity index (χ1) is 8.74. The van der Waals surface area contributed by atoms with Crippen LogP contribution in [-0.2, 0) is 4.74 Å². The number of fused-ring (bicyclic) bond motifs is 2. The van der Waals surface area contributed by atoms with Crippen molar-refractivity contribution in [2.45, 2.75) is 50.7 Å². The lowest BCUT2D eigenvalue weighted by atomic mass is 9.88. The maximum atomic E-state index is 5.94. The minimum absolute atomic E-state index is 0.325. The van der Waals surface area contributed by atoms with E-state index in [0.717, 1.165) is 30.7 Å². The van der Waals surface area contributed by atoms with Crippen LogP contribution in [0.4, 0.5) is 0 Å². The van der Waals surface area contributed by atoms with E-state index in [1.807, 2.05) is 0 Å². The first-order valence-electron chi connectivity index (χ1n) is 7.78. The summed E-state index contributed by atoms with van der Waals surface area (Å²) >= 11 is 0. The standard InChI is InChI=1S/C15H28N2O/c1-17(10-15-5-4-14(8-16)18-15)9-13-7-11-2-3-12(13)6-11/h11-15H,2-10,16H2,1H3. The third-order valence-corrected chi connectivity index (χ3v) is 5.40. The molecule has 0 aromatic rings. The lowest BCUT2D eigenvalue weighted by molar-refractivity contribution is 0.0278. The van der Waals surface area contributed by atoms with E-state index in [2.05, 4.69) is 11.9 Å². The molecule has 18 heavy (non-hydrogen) atoms. The average Bonchev–Trinajstić information content (AvgIpc) is 3.04. The van der Waals surface area contributed by atoms with Crippen molar-refractivity contribution in [1.29, 1.82) is 0 Å². The number of rotatable bonds is 5. The van der Waals surface area contributed by atoms with E-state index in [1.165, 1.54) is 38.6 Å². The first kappa shape index (κ1) is 12.9. The van der Waals surface area contributed by atoms with Crippen molar-refractivity contribution in [3.05, 3.63) is 0 Å². The molecule has 1 aliphatic heterocycles. The maximum Gasteiger partial charge on any atom is 0.0707 e. The normalized spacial score (nSPS) is 43.2. The van der Waals surface area contributed by atoms with Crippen LogP contribution in [0.3, 0.4) is 0 Å². The Hall–Kier alpha value is -0.120. The maximum absolute atomic E-state index is 5.94. The predicted molar refractivity (Wildman–Crippen MR) is 73.4 cm³/mol. The molecule has 0 radical (unpaired) electrons. The number of ether oxygens (including phenoxy) is 1. The number of hydrogen-bond donors (Lipinski definition) is 1. The van der Waals surface area contributed by atoms with Crippen molar-refractivity contribution in [3.63, 3.8) is 0 Å². The lowest BCUT2D eigenvalue weighted by Gasteiger charge is -2.28. The van der Waals surface area contributed by atoms with Gasteiger partial charge in [0.15, 0.2) is 0 Å². The zero-order valence-corrected chi connectivity index (χ0v) is 11.7. The Labute approximate surface area is 111 Å². The molecule has 0 spiro atoms. The fourth-order valence-electron chi connectivity index (χ4n) is 4.51. The van der Waals surface area contributed by atoms with E-state index in [1.54, 1.807) is 0 Å². The molecule has 3 aliphatic rings. The average molecular weight is 252 g/mol. The van der Waals surface area contributed by atoms with Gasteiger partial charge in [-0.2, -0.15) is 0 Å². The minimum Gasteiger partial charge on any atom is -0.372 e. The number of nitrogens with two attached hydrogens (primary N) is 1. The molecule has 0 amide bonds. The number of nitrogens with zero attached hydrogens (tertiary/aromatic N) is 1. The van der Waals surface area contributed by atoms with Crippen LogP contribution in [0.25, 0.3) is 0 Å². The summed E-state index contributed by atoms with van der Waals surface area (Å²) < 4.78 is 5.94. The van der Waals surface area contributed by atoms with Gasteiger partial charge in [0.2, 0.25) is 0 Å². The molecule has 0 aromatic carbocycles.